The van der Waals surface area contributed by atoms with Crippen LogP contribution in [0.1, 0.15) is 47.0 Å². The number of nitrogens with one attached hydrogen (secondary N) is 2. The minimum absolute atomic E-state index is 0.0601. The summed E-state index contributed by atoms with van der Waals surface area (Å²) in [6, 6.07) is 5.27. The first-order chi connectivity index (χ1) is 15.5. The number of amides is 2. The number of hydrogen-bond donors (Lipinski definition) is 2. The highest BCUT2D eigenvalue weighted by Gasteiger charge is 2.28. The first-order valence-corrected chi connectivity index (χ1v) is 12.0. The van der Waals surface area contributed by atoms with Crippen LogP contribution in [-0.2, 0) is 17.6 Å². The number of methoxy groups -OCH3 is 2. The van der Waals surface area contributed by atoms with Crippen molar-refractivity contribution in [1.29, 1.82) is 0 Å². The minimum atomic E-state index is -0.227. The number of likely N-dealkylation sites (tertiary alicyclic amines) is 1. The van der Waals surface area contributed by atoms with Crippen molar-refractivity contribution in [3.63, 3.8) is 0 Å². The summed E-state index contributed by atoms with van der Waals surface area (Å²) >= 11 is 1.53. The predicted molar refractivity (Wildman–Crippen MR) is 127 cm³/mol. The Bertz CT molecular complexity index is 1000. The van der Waals surface area contributed by atoms with Crippen molar-refractivity contribution in [1.82, 2.24) is 4.90 Å². The molecule has 1 fully saturated rings. The lowest BCUT2D eigenvalue weighted by Gasteiger charge is -2.30. The Kier molecular flexibility index (Phi) is 7.01. The highest BCUT2D eigenvalue weighted by atomic mass is 32.1. The van der Waals surface area contributed by atoms with Gasteiger partial charge in [0, 0.05) is 17.5 Å². The zero-order chi connectivity index (χ0) is 22.7. The fourth-order valence-corrected chi connectivity index (χ4v) is 5.92. The number of rotatable bonds is 7. The number of aryl methyl sites for hydroxylation is 1. The van der Waals surface area contributed by atoms with Gasteiger partial charge in [0.1, 0.15) is 16.5 Å². The zero-order valence-corrected chi connectivity index (χ0v) is 19.8. The topological polar surface area (TPSA) is 79.9 Å². The summed E-state index contributed by atoms with van der Waals surface area (Å²) in [6.07, 6.45) is 5.18. The number of carbonyl (C=O) groups excluding carboxylic acids is 2. The van der Waals surface area contributed by atoms with E-state index in [1.54, 1.807) is 32.4 Å². The molecule has 2 amide bonds. The average molecular weight is 458 g/mol. The molecular formula is C24H31N3O4S. The molecule has 7 nitrogen and oxygen atoms in total. The van der Waals surface area contributed by atoms with Gasteiger partial charge in [0.15, 0.2) is 0 Å². The van der Waals surface area contributed by atoms with Crippen molar-refractivity contribution in [2.75, 3.05) is 44.5 Å². The largest absolute Gasteiger partial charge is 0.497 e. The Morgan fingerprint density at radius 2 is 2.00 bits per heavy atom. The van der Waals surface area contributed by atoms with Crippen LogP contribution in [0.3, 0.4) is 0 Å². The normalized spacial score (nSPS) is 18.2. The van der Waals surface area contributed by atoms with E-state index in [1.807, 2.05) is 0 Å². The van der Waals surface area contributed by atoms with Gasteiger partial charge in [0.2, 0.25) is 5.91 Å². The number of anilines is 2. The third kappa shape index (κ3) is 4.91. The molecule has 0 spiro atoms. The number of nitrogens with zero attached hydrogens (tertiary/aromatic N) is 1. The van der Waals surface area contributed by atoms with Crippen LogP contribution in [0.5, 0.6) is 11.5 Å². The van der Waals surface area contributed by atoms with Crippen LogP contribution >= 0.6 is 11.3 Å². The number of benzene rings is 1. The lowest BCUT2D eigenvalue weighted by molar-refractivity contribution is -0.117. The molecule has 2 aromatic rings. The summed E-state index contributed by atoms with van der Waals surface area (Å²) in [7, 11) is 3.14. The highest BCUT2D eigenvalue weighted by Crippen LogP contribution is 2.40. The third-order valence-corrected chi connectivity index (χ3v) is 7.37. The van der Waals surface area contributed by atoms with Gasteiger partial charge in [-0.2, -0.15) is 0 Å². The maximum Gasteiger partial charge on any atom is 0.259 e. The molecule has 1 aromatic carbocycles. The number of thiophene rings is 1. The smallest absolute Gasteiger partial charge is 0.259 e. The van der Waals surface area contributed by atoms with Crippen LogP contribution in [0.2, 0.25) is 0 Å². The molecule has 1 saturated heterocycles. The van der Waals surface area contributed by atoms with Crippen LogP contribution < -0.4 is 20.1 Å². The number of ether oxygens (including phenoxy) is 2. The lowest BCUT2D eigenvalue weighted by atomic mass is 10.0. The summed E-state index contributed by atoms with van der Waals surface area (Å²) in [5.74, 6) is 1.50. The molecule has 0 bridgehead atoms. The Morgan fingerprint density at radius 3 is 2.75 bits per heavy atom. The Hall–Kier alpha value is -2.58. The third-order valence-electron chi connectivity index (χ3n) is 6.17. The van der Waals surface area contributed by atoms with Crippen LogP contribution in [0.25, 0.3) is 0 Å². The first kappa shape index (κ1) is 22.6. The van der Waals surface area contributed by atoms with E-state index in [0.29, 0.717) is 40.2 Å². The number of fused-ring (bicyclic) bond motifs is 1. The summed E-state index contributed by atoms with van der Waals surface area (Å²) in [6.45, 7) is 4.48. The van der Waals surface area contributed by atoms with Gasteiger partial charge < -0.3 is 20.1 Å². The number of hydrogen-bond acceptors (Lipinski definition) is 6. The average Bonchev–Trinajstić information content (AvgIpc) is 3.34. The Balaban J connectivity index is 1.52. The van der Waals surface area contributed by atoms with E-state index < -0.39 is 0 Å². The van der Waals surface area contributed by atoms with Crippen LogP contribution in [0.4, 0.5) is 10.7 Å². The van der Waals surface area contributed by atoms with Crippen molar-refractivity contribution < 1.29 is 19.1 Å². The molecule has 1 atom stereocenters. The highest BCUT2D eigenvalue weighted by molar-refractivity contribution is 7.17. The van der Waals surface area contributed by atoms with E-state index >= 15 is 0 Å². The molecule has 1 aliphatic carbocycles. The van der Waals surface area contributed by atoms with Crippen molar-refractivity contribution in [3.05, 3.63) is 34.2 Å². The maximum absolute atomic E-state index is 13.3. The van der Waals surface area contributed by atoms with Crippen LogP contribution in [-0.4, -0.2) is 50.6 Å². The molecule has 2 N–H and O–H groups in total. The summed E-state index contributed by atoms with van der Waals surface area (Å²) < 4.78 is 10.7. The molecule has 1 unspecified atom stereocenters. The Morgan fingerprint density at radius 1 is 1.16 bits per heavy atom. The molecule has 0 radical (unpaired) electrons. The van der Waals surface area contributed by atoms with E-state index in [2.05, 4.69) is 22.5 Å². The molecule has 2 heterocycles. The fourth-order valence-electron chi connectivity index (χ4n) is 4.62. The standard InChI is InChI=1S/C24H31N3O4S/c1-15-6-5-11-27(13-15)14-21(28)26-24-22(17-7-4-8-20(17)32-24)23(29)25-18-10-9-16(30-2)12-19(18)31-3/h9-10,12,15H,4-8,11,13-14H2,1-3H3,(H,25,29)(H,26,28). The van der Waals surface area contributed by atoms with Gasteiger partial charge in [0.05, 0.1) is 32.0 Å². The second kappa shape index (κ2) is 9.92. The van der Waals surface area contributed by atoms with E-state index in [-0.39, 0.29) is 11.8 Å². The summed E-state index contributed by atoms with van der Waals surface area (Å²) in [5.41, 5.74) is 2.21. The van der Waals surface area contributed by atoms with E-state index in [1.165, 1.54) is 22.6 Å². The molecule has 172 valence electrons. The van der Waals surface area contributed by atoms with Crippen LogP contribution in [0, 0.1) is 5.92 Å². The second-order valence-corrected chi connectivity index (χ2v) is 9.72. The minimum Gasteiger partial charge on any atom is -0.497 e. The SMILES string of the molecule is COc1ccc(NC(=O)c2c(NC(=O)CN3CCCC(C)C3)sc3c2CCC3)c(OC)c1. The van der Waals surface area contributed by atoms with Crippen molar-refractivity contribution in [2.45, 2.75) is 39.0 Å². The van der Waals surface area contributed by atoms with Crippen molar-refractivity contribution >= 4 is 33.8 Å². The molecule has 4 rings (SSSR count). The molecule has 8 heteroatoms. The van der Waals surface area contributed by atoms with Gasteiger partial charge in [0.25, 0.3) is 5.91 Å². The molecule has 1 aromatic heterocycles. The zero-order valence-electron chi connectivity index (χ0n) is 19.0. The van der Waals surface area contributed by atoms with Crippen LogP contribution in [0.15, 0.2) is 18.2 Å². The van der Waals surface area contributed by atoms with Gasteiger partial charge in [-0.25, -0.2) is 0 Å². The summed E-state index contributed by atoms with van der Waals surface area (Å²) in [5, 5.41) is 6.66. The van der Waals surface area contributed by atoms with E-state index in [4.69, 9.17) is 9.47 Å². The van der Waals surface area contributed by atoms with Crippen molar-refractivity contribution in [3.8, 4) is 11.5 Å². The lowest BCUT2D eigenvalue weighted by Crippen LogP contribution is -2.39. The molecule has 2 aliphatic rings. The van der Waals surface area contributed by atoms with Gasteiger partial charge >= 0.3 is 0 Å². The van der Waals surface area contributed by atoms with E-state index in [0.717, 1.165) is 44.3 Å². The van der Waals surface area contributed by atoms with Gasteiger partial charge in [-0.05, 0) is 62.3 Å². The predicted octanol–water partition coefficient (Wildman–Crippen LogP) is 4.18. The quantitative estimate of drug-likeness (QED) is 0.652. The van der Waals surface area contributed by atoms with Gasteiger partial charge in [-0.1, -0.05) is 6.92 Å². The fraction of sp³-hybridized carbons (Fsp3) is 0.500. The number of piperidine rings is 1. The monoisotopic (exact) mass is 457 g/mol. The summed E-state index contributed by atoms with van der Waals surface area (Å²) in [4.78, 5) is 29.5. The second-order valence-electron chi connectivity index (χ2n) is 8.61. The molecular weight excluding hydrogens is 426 g/mol. The maximum atomic E-state index is 13.3. The van der Waals surface area contributed by atoms with E-state index in [9.17, 15) is 9.59 Å². The van der Waals surface area contributed by atoms with Crippen molar-refractivity contribution in [2.24, 2.45) is 5.92 Å². The molecule has 32 heavy (non-hydrogen) atoms. The Labute approximate surface area is 193 Å². The first-order valence-electron chi connectivity index (χ1n) is 11.2. The number of carbonyl (C=O) groups is 2. The molecule has 0 saturated carbocycles. The molecule has 1 aliphatic heterocycles. The van der Waals surface area contributed by atoms with Gasteiger partial charge in [-0.15, -0.1) is 11.3 Å². The van der Waals surface area contributed by atoms with Gasteiger partial charge in [-0.3, -0.25) is 14.5 Å².